The number of aromatic amines is 1. The van der Waals surface area contributed by atoms with Crippen LogP contribution in [0, 0.1) is 0 Å². The molecule has 1 aromatic heterocycles. The lowest BCUT2D eigenvalue weighted by Gasteiger charge is -2.04. The lowest BCUT2D eigenvalue weighted by Crippen LogP contribution is -2.16. The van der Waals surface area contributed by atoms with Crippen molar-refractivity contribution < 1.29 is 14.7 Å². The highest BCUT2D eigenvalue weighted by Crippen LogP contribution is 2.13. The summed E-state index contributed by atoms with van der Waals surface area (Å²) in [6.45, 7) is 0. The van der Waals surface area contributed by atoms with Crippen molar-refractivity contribution >= 4 is 29.3 Å². The second-order valence-corrected chi connectivity index (χ2v) is 4.25. The van der Waals surface area contributed by atoms with E-state index in [1.165, 1.54) is 0 Å². The maximum atomic E-state index is 11.8. The van der Waals surface area contributed by atoms with Crippen LogP contribution in [0.25, 0.3) is 0 Å². The van der Waals surface area contributed by atoms with Gasteiger partial charge in [0.05, 0.1) is 12.6 Å². The molecule has 0 saturated carbocycles. The second kappa shape index (κ2) is 5.53. The Morgan fingerprint density at radius 1 is 1.32 bits per heavy atom. The van der Waals surface area contributed by atoms with Gasteiger partial charge in [-0.15, -0.1) is 0 Å². The van der Waals surface area contributed by atoms with Gasteiger partial charge in [-0.3, -0.25) is 9.89 Å². The summed E-state index contributed by atoms with van der Waals surface area (Å²) in [5.41, 5.74) is 0.697. The third kappa shape index (κ3) is 3.32. The van der Waals surface area contributed by atoms with Crippen molar-refractivity contribution in [1.82, 2.24) is 10.2 Å². The Hall–Kier alpha value is -2.34. The maximum absolute atomic E-state index is 11.8. The van der Waals surface area contributed by atoms with Crippen LogP contribution < -0.4 is 5.32 Å². The molecule has 98 valence electrons. The number of amides is 1. The average Bonchev–Trinajstić information content (AvgIpc) is 2.80. The van der Waals surface area contributed by atoms with Crippen molar-refractivity contribution in [3.8, 4) is 0 Å². The quantitative estimate of drug-likeness (QED) is 0.797. The van der Waals surface area contributed by atoms with Gasteiger partial charge < -0.3 is 10.4 Å². The number of carboxylic acid groups (broad SMARTS) is 1. The molecule has 0 radical (unpaired) electrons. The normalized spacial score (nSPS) is 10.2. The fourth-order valence-corrected chi connectivity index (χ4v) is 1.64. The predicted octanol–water partition coefficient (Wildman–Crippen LogP) is 1.94. The van der Waals surface area contributed by atoms with Crippen molar-refractivity contribution in [2.24, 2.45) is 0 Å². The zero-order valence-corrected chi connectivity index (χ0v) is 10.4. The number of carbonyl (C=O) groups excluding carboxylic acids is 1. The first-order valence-electron chi connectivity index (χ1n) is 5.37. The minimum absolute atomic E-state index is 0.0754. The standard InChI is InChI=1S/C12H10ClN3O3/c13-8-3-1-7(2-4-8)5-10(17)15-11-9(12(18)19)6-14-16-11/h1-4,6H,5H2,(H,18,19)(H2,14,15,16,17). The molecule has 2 aromatic rings. The fraction of sp³-hybridized carbons (Fsp3) is 0.0833. The molecule has 0 unspecified atom stereocenters. The number of halogens is 1. The monoisotopic (exact) mass is 279 g/mol. The number of nitrogens with zero attached hydrogens (tertiary/aromatic N) is 1. The highest BCUT2D eigenvalue weighted by Gasteiger charge is 2.14. The van der Waals surface area contributed by atoms with E-state index in [4.69, 9.17) is 16.7 Å². The number of aromatic carboxylic acids is 1. The molecule has 6 nitrogen and oxygen atoms in total. The van der Waals surface area contributed by atoms with Crippen LogP contribution in [-0.4, -0.2) is 27.2 Å². The largest absolute Gasteiger partial charge is 0.477 e. The predicted molar refractivity (Wildman–Crippen MR) is 69.3 cm³/mol. The maximum Gasteiger partial charge on any atom is 0.341 e. The third-order valence-corrected chi connectivity index (χ3v) is 2.66. The summed E-state index contributed by atoms with van der Waals surface area (Å²) in [5.74, 6) is -1.42. The first-order valence-corrected chi connectivity index (χ1v) is 5.75. The van der Waals surface area contributed by atoms with Crippen LogP contribution in [0.3, 0.4) is 0 Å². The Morgan fingerprint density at radius 2 is 2.00 bits per heavy atom. The fourth-order valence-electron chi connectivity index (χ4n) is 1.51. The van der Waals surface area contributed by atoms with Gasteiger partial charge in [-0.2, -0.15) is 5.10 Å². The third-order valence-electron chi connectivity index (χ3n) is 2.41. The molecule has 7 heteroatoms. The molecule has 0 saturated heterocycles. The van der Waals surface area contributed by atoms with E-state index in [0.29, 0.717) is 5.02 Å². The Balaban J connectivity index is 2.03. The molecular weight excluding hydrogens is 270 g/mol. The van der Waals surface area contributed by atoms with Crippen LogP contribution >= 0.6 is 11.6 Å². The van der Waals surface area contributed by atoms with Crippen LogP contribution in [0.1, 0.15) is 15.9 Å². The number of aromatic nitrogens is 2. The van der Waals surface area contributed by atoms with Gasteiger partial charge in [0.2, 0.25) is 5.91 Å². The van der Waals surface area contributed by atoms with Crippen molar-refractivity contribution in [1.29, 1.82) is 0 Å². The first-order chi connectivity index (χ1) is 9.06. The minimum Gasteiger partial charge on any atom is -0.477 e. The first kappa shape index (κ1) is 13.1. The summed E-state index contributed by atoms with van der Waals surface area (Å²) < 4.78 is 0. The number of carbonyl (C=O) groups is 2. The van der Waals surface area contributed by atoms with Gasteiger partial charge in [-0.1, -0.05) is 23.7 Å². The molecule has 1 amide bonds. The van der Waals surface area contributed by atoms with Crippen molar-refractivity contribution in [3.63, 3.8) is 0 Å². The van der Waals surface area contributed by atoms with E-state index in [9.17, 15) is 9.59 Å². The molecule has 1 heterocycles. The van der Waals surface area contributed by atoms with Gasteiger partial charge in [-0.25, -0.2) is 4.79 Å². The number of hydrogen-bond acceptors (Lipinski definition) is 3. The molecule has 0 spiro atoms. The van der Waals surface area contributed by atoms with E-state index in [2.05, 4.69) is 15.5 Å². The van der Waals surface area contributed by atoms with Crippen LogP contribution in [0.5, 0.6) is 0 Å². The van der Waals surface area contributed by atoms with Crippen molar-refractivity contribution in [2.75, 3.05) is 5.32 Å². The average molecular weight is 280 g/mol. The van der Waals surface area contributed by atoms with E-state index < -0.39 is 5.97 Å². The van der Waals surface area contributed by atoms with Crippen molar-refractivity contribution in [2.45, 2.75) is 6.42 Å². The van der Waals surface area contributed by atoms with E-state index in [0.717, 1.165) is 11.8 Å². The summed E-state index contributed by atoms with van der Waals surface area (Å²) in [4.78, 5) is 22.6. The number of rotatable bonds is 4. The molecule has 0 bridgehead atoms. The van der Waals surface area contributed by atoms with Gasteiger partial charge in [0.25, 0.3) is 0 Å². The number of hydrogen-bond donors (Lipinski definition) is 3. The Kier molecular flexibility index (Phi) is 3.82. The van der Waals surface area contributed by atoms with E-state index in [1.807, 2.05) is 0 Å². The second-order valence-electron chi connectivity index (χ2n) is 3.82. The Bertz CT molecular complexity index is 607. The molecule has 2 rings (SSSR count). The van der Waals surface area contributed by atoms with Crippen molar-refractivity contribution in [3.05, 3.63) is 46.6 Å². The number of nitrogens with one attached hydrogen (secondary N) is 2. The Morgan fingerprint density at radius 3 is 2.63 bits per heavy atom. The van der Waals surface area contributed by atoms with Crippen LogP contribution in [0.4, 0.5) is 5.82 Å². The van der Waals surface area contributed by atoms with E-state index in [1.54, 1.807) is 24.3 Å². The smallest absolute Gasteiger partial charge is 0.341 e. The molecule has 19 heavy (non-hydrogen) atoms. The molecule has 0 fully saturated rings. The molecule has 0 aliphatic rings. The summed E-state index contributed by atoms with van der Waals surface area (Å²) in [6, 6.07) is 6.83. The van der Waals surface area contributed by atoms with Gasteiger partial charge >= 0.3 is 5.97 Å². The highest BCUT2D eigenvalue weighted by atomic mass is 35.5. The highest BCUT2D eigenvalue weighted by molar-refractivity contribution is 6.30. The number of carboxylic acids is 1. The topological polar surface area (TPSA) is 95.1 Å². The van der Waals surface area contributed by atoms with Gasteiger partial charge in [0.15, 0.2) is 0 Å². The summed E-state index contributed by atoms with van der Waals surface area (Å²) in [6.07, 6.45) is 1.26. The van der Waals surface area contributed by atoms with Gasteiger partial charge in [-0.05, 0) is 17.7 Å². The zero-order chi connectivity index (χ0) is 13.8. The summed E-state index contributed by atoms with van der Waals surface area (Å²) in [7, 11) is 0. The molecular formula is C12H10ClN3O3. The minimum atomic E-state index is -1.16. The molecule has 0 aliphatic heterocycles. The lowest BCUT2D eigenvalue weighted by atomic mass is 10.1. The van der Waals surface area contributed by atoms with Gasteiger partial charge in [0, 0.05) is 5.02 Å². The van der Waals surface area contributed by atoms with Gasteiger partial charge in [0.1, 0.15) is 11.4 Å². The van der Waals surface area contributed by atoms with Crippen LogP contribution in [-0.2, 0) is 11.2 Å². The van der Waals surface area contributed by atoms with E-state index >= 15 is 0 Å². The summed E-state index contributed by atoms with van der Waals surface area (Å²) in [5, 5.41) is 17.9. The zero-order valence-electron chi connectivity index (χ0n) is 9.68. The molecule has 1 aromatic carbocycles. The SMILES string of the molecule is O=C(Cc1ccc(Cl)cc1)Nc1[nH]ncc1C(=O)O. The van der Waals surface area contributed by atoms with E-state index in [-0.39, 0.29) is 23.7 Å². The molecule has 0 aliphatic carbocycles. The number of anilines is 1. The number of H-pyrrole nitrogens is 1. The Labute approximate surface area is 113 Å². The number of benzene rings is 1. The van der Waals surface area contributed by atoms with Crippen LogP contribution in [0.2, 0.25) is 5.02 Å². The lowest BCUT2D eigenvalue weighted by molar-refractivity contribution is -0.115. The molecule has 0 atom stereocenters. The molecule has 3 N–H and O–H groups in total. The van der Waals surface area contributed by atoms with Crippen LogP contribution in [0.15, 0.2) is 30.5 Å². The summed E-state index contributed by atoms with van der Waals surface area (Å²) >= 11 is 5.74.